The molecule has 0 bridgehead atoms. The normalized spacial score (nSPS) is 21.7. The summed E-state index contributed by atoms with van der Waals surface area (Å²) in [6.07, 6.45) is -4.15. The number of ketones is 1. The molecule has 0 spiro atoms. The number of alkyl halides is 4. The zero-order chi connectivity index (χ0) is 9.41. The summed E-state index contributed by atoms with van der Waals surface area (Å²) in [7, 11) is 0. The zero-order valence-corrected chi connectivity index (χ0v) is 7.00. The first kappa shape index (κ1) is 9.84. The summed E-state index contributed by atoms with van der Waals surface area (Å²) in [5, 5.41) is 0. The van der Waals surface area contributed by atoms with Gasteiger partial charge in [0, 0.05) is 0 Å². The number of halogens is 4. The fourth-order valence-electron chi connectivity index (χ4n) is 1.38. The largest absolute Gasteiger partial charge is 0.401 e. The van der Waals surface area contributed by atoms with E-state index >= 15 is 0 Å². The SMILES string of the molecule is O=C(CCl)C1(C(F)(F)F)CCC1. The molecule has 1 aliphatic carbocycles. The molecule has 0 heterocycles. The van der Waals surface area contributed by atoms with Crippen molar-refractivity contribution in [1.82, 2.24) is 0 Å². The molecule has 1 fully saturated rings. The van der Waals surface area contributed by atoms with Crippen LogP contribution in [0.5, 0.6) is 0 Å². The van der Waals surface area contributed by atoms with Crippen LogP contribution in [0.3, 0.4) is 0 Å². The highest BCUT2D eigenvalue weighted by molar-refractivity contribution is 6.28. The topological polar surface area (TPSA) is 17.1 Å². The van der Waals surface area contributed by atoms with Gasteiger partial charge in [0.2, 0.25) is 0 Å². The summed E-state index contributed by atoms with van der Waals surface area (Å²) in [5.74, 6) is -1.43. The minimum Gasteiger partial charge on any atom is -0.297 e. The Bertz CT molecular complexity index is 195. The van der Waals surface area contributed by atoms with Crippen molar-refractivity contribution in [2.75, 3.05) is 5.88 Å². The molecule has 0 unspecified atom stereocenters. The maximum atomic E-state index is 12.3. The lowest BCUT2D eigenvalue weighted by molar-refractivity contribution is -0.240. The van der Waals surface area contributed by atoms with Crippen molar-refractivity contribution in [3.63, 3.8) is 0 Å². The molecule has 0 atom stereocenters. The third-order valence-corrected chi connectivity index (χ3v) is 2.65. The number of Topliss-reactive ketones (excluding diaryl/α,β-unsaturated/α-hetero) is 1. The van der Waals surface area contributed by atoms with Crippen LogP contribution in [0.1, 0.15) is 19.3 Å². The maximum Gasteiger partial charge on any atom is 0.401 e. The van der Waals surface area contributed by atoms with E-state index in [9.17, 15) is 18.0 Å². The summed E-state index contributed by atoms with van der Waals surface area (Å²) in [6.45, 7) is 0. The van der Waals surface area contributed by atoms with Gasteiger partial charge in [0.25, 0.3) is 0 Å². The number of carbonyl (C=O) groups is 1. The molecule has 0 radical (unpaired) electrons. The number of hydrogen-bond acceptors (Lipinski definition) is 1. The lowest BCUT2D eigenvalue weighted by Gasteiger charge is -2.41. The first-order valence-electron chi connectivity index (χ1n) is 3.60. The molecule has 0 amide bonds. The Morgan fingerprint density at radius 2 is 1.92 bits per heavy atom. The Morgan fingerprint density at radius 1 is 1.42 bits per heavy atom. The van der Waals surface area contributed by atoms with E-state index in [1.807, 2.05) is 0 Å². The van der Waals surface area contributed by atoms with Crippen LogP contribution in [0.2, 0.25) is 0 Å². The van der Waals surface area contributed by atoms with Gasteiger partial charge in [0.1, 0.15) is 5.41 Å². The average molecular weight is 201 g/mol. The molecule has 12 heavy (non-hydrogen) atoms. The monoisotopic (exact) mass is 200 g/mol. The van der Waals surface area contributed by atoms with Gasteiger partial charge in [0.05, 0.1) is 5.88 Å². The average Bonchev–Trinajstić information content (AvgIpc) is 1.81. The molecule has 1 saturated carbocycles. The van der Waals surface area contributed by atoms with Crippen molar-refractivity contribution in [2.24, 2.45) is 5.41 Å². The van der Waals surface area contributed by atoms with Gasteiger partial charge in [-0.2, -0.15) is 13.2 Å². The number of rotatable bonds is 2. The highest BCUT2D eigenvalue weighted by atomic mass is 35.5. The van der Waals surface area contributed by atoms with Gasteiger partial charge in [-0.15, -0.1) is 11.6 Å². The van der Waals surface area contributed by atoms with Crippen LogP contribution in [0.4, 0.5) is 13.2 Å². The van der Waals surface area contributed by atoms with E-state index in [0.29, 0.717) is 6.42 Å². The first-order chi connectivity index (χ1) is 5.44. The molecule has 0 aromatic heterocycles. The van der Waals surface area contributed by atoms with Crippen LogP contribution in [0, 0.1) is 5.41 Å². The quantitative estimate of drug-likeness (QED) is 0.626. The fourth-order valence-corrected chi connectivity index (χ4v) is 1.63. The Balaban J connectivity index is 2.83. The lowest BCUT2D eigenvalue weighted by Crippen LogP contribution is -2.50. The zero-order valence-electron chi connectivity index (χ0n) is 6.25. The highest BCUT2D eigenvalue weighted by Gasteiger charge is 2.62. The van der Waals surface area contributed by atoms with Gasteiger partial charge in [-0.25, -0.2) is 0 Å². The predicted octanol–water partition coefficient (Wildman–Crippen LogP) is 2.53. The van der Waals surface area contributed by atoms with Crippen molar-refractivity contribution < 1.29 is 18.0 Å². The van der Waals surface area contributed by atoms with Crippen molar-refractivity contribution >= 4 is 17.4 Å². The molecule has 0 aliphatic heterocycles. The molecular formula is C7H8ClF3O. The highest BCUT2D eigenvalue weighted by Crippen LogP contribution is 2.53. The van der Waals surface area contributed by atoms with Crippen molar-refractivity contribution in [1.29, 1.82) is 0 Å². The van der Waals surface area contributed by atoms with E-state index in [1.165, 1.54) is 0 Å². The number of hydrogen-bond donors (Lipinski definition) is 0. The standard InChI is InChI=1S/C7H8ClF3O/c8-4-5(12)6(2-1-3-6)7(9,10)11/h1-4H2. The summed E-state index contributed by atoms with van der Waals surface area (Å²) in [6, 6.07) is 0. The minimum atomic E-state index is -4.42. The van der Waals surface area contributed by atoms with E-state index in [1.54, 1.807) is 0 Å². The first-order valence-corrected chi connectivity index (χ1v) is 4.13. The van der Waals surface area contributed by atoms with Gasteiger partial charge in [0.15, 0.2) is 5.78 Å². The van der Waals surface area contributed by atoms with Gasteiger partial charge >= 0.3 is 6.18 Å². The van der Waals surface area contributed by atoms with Crippen molar-refractivity contribution in [3.8, 4) is 0 Å². The van der Waals surface area contributed by atoms with Crippen LogP contribution >= 0.6 is 11.6 Å². The Hall–Kier alpha value is -0.250. The third kappa shape index (κ3) is 1.22. The molecule has 70 valence electrons. The van der Waals surface area contributed by atoms with Gasteiger partial charge in [-0.3, -0.25) is 4.79 Å². The molecule has 1 aliphatic rings. The third-order valence-electron chi connectivity index (χ3n) is 2.40. The van der Waals surface area contributed by atoms with E-state index in [2.05, 4.69) is 0 Å². The Labute approximate surface area is 72.9 Å². The molecular weight excluding hydrogens is 193 g/mol. The molecule has 0 N–H and O–H groups in total. The van der Waals surface area contributed by atoms with E-state index in [-0.39, 0.29) is 12.8 Å². The molecule has 0 aromatic carbocycles. The fraction of sp³-hybridized carbons (Fsp3) is 0.857. The second-order valence-electron chi connectivity index (χ2n) is 2.99. The van der Waals surface area contributed by atoms with Crippen LogP contribution in [-0.4, -0.2) is 17.8 Å². The van der Waals surface area contributed by atoms with Gasteiger partial charge in [-0.1, -0.05) is 6.42 Å². The van der Waals surface area contributed by atoms with E-state index < -0.39 is 23.3 Å². The van der Waals surface area contributed by atoms with E-state index in [4.69, 9.17) is 11.6 Å². The number of carbonyl (C=O) groups excluding carboxylic acids is 1. The molecule has 1 nitrogen and oxygen atoms in total. The second-order valence-corrected chi connectivity index (χ2v) is 3.26. The Kier molecular flexibility index (Phi) is 2.38. The van der Waals surface area contributed by atoms with Gasteiger partial charge in [-0.05, 0) is 12.8 Å². The molecule has 1 rings (SSSR count). The molecule has 0 aromatic rings. The predicted molar refractivity (Wildman–Crippen MR) is 38.1 cm³/mol. The van der Waals surface area contributed by atoms with Crippen LogP contribution < -0.4 is 0 Å². The summed E-state index contributed by atoms with van der Waals surface area (Å²) < 4.78 is 36.9. The smallest absolute Gasteiger partial charge is 0.297 e. The summed E-state index contributed by atoms with van der Waals surface area (Å²) >= 11 is 5.11. The minimum absolute atomic E-state index is 0.0952. The van der Waals surface area contributed by atoms with Crippen LogP contribution in [-0.2, 0) is 4.79 Å². The second kappa shape index (κ2) is 2.91. The summed E-state index contributed by atoms with van der Waals surface area (Å²) in [4.78, 5) is 10.9. The molecule has 5 heteroatoms. The van der Waals surface area contributed by atoms with E-state index in [0.717, 1.165) is 0 Å². The maximum absolute atomic E-state index is 12.3. The van der Waals surface area contributed by atoms with Crippen LogP contribution in [0.15, 0.2) is 0 Å². The van der Waals surface area contributed by atoms with Crippen molar-refractivity contribution in [3.05, 3.63) is 0 Å². The van der Waals surface area contributed by atoms with Crippen LogP contribution in [0.25, 0.3) is 0 Å². The lowest BCUT2D eigenvalue weighted by atomic mass is 9.65. The Morgan fingerprint density at radius 3 is 2.00 bits per heavy atom. The summed E-state index contributed by atoms with van der Waals surface area (Å²) in [5.41, 5.74) is -2.10. The van der Waals surface area contributed by atoms with Gasteiger partial charge < -0.3 is 0 Å². The molecule has 0 saturated heterocycles. The van der Waals surface area contributed by atoms with Crippen molar-refractivity contribution in [2.45, 2.75) is 25.4 Å².